The van der Waals surface area contributed by atoms with Crippen molar-refractivity contribution in [3.63, 3.8) is 0 Å². The largest absolute Gasteiger partial charge is 0.326 e. The van der Waals surface area contributed by atoms with Gasteiger partial charge in [-0.3, -0.25) is 9.59 Å². The zero-order valence-corrected chi connectivity index (χ0v) is 15.5. The van der Waals surface area contributed by atoms with Gasteiger partial charge in [0.2, 0.25) is 5.91 Å². The normalized spacial score (nSPS) is 10.3. The fraction of sp³-hybridized carbons (Fsp3) is 0.130. The van der Waals surface area contributed by atoms with Crippen LogP contribution in [0.3, 0.4) is 0 Å². The Morgan fingerprint density at radius 1 is 0.778 bits per heavy atom. The molecule has 0 heterocycles. The Morgan fingerprint density at radius 2 is 1.48 bits per heavy atom. The van der Waals surface area contributed by atoms with Gasteiger partial charge in [0, 0.05) is 16.9 Å². The van der Waals surface area contributed by atoms with Crippen LogP contribution in [-0.4, -0.2) is 11.8 Å². The first kappa shape index (κ1) is 18.4. The molecule has 2 amide bonds. The number of rotatable bonds is 5. The molecule has 0 aliphatic rings. The summed E-state index contributed by atoms with van der Waals surface area (Å²) in [5, 5.41) is 5.74. The molecular formula is C23H22N2O2. The fourth-order valence-electron chi connectivity index (χ4n) is 2.85. The summed E-state index contributed by atoms with van der Waals surface area (Å²) in [5.74, 6) is -0.323. The van der Waals surface area contributed by atoms with Crippen molar-refractivity contribution in [3.05, 3.63) is 95.1 Å². The molecule has 0 aliphatic carbocycles. The quantitative estimate of drug-likeness (QED) is 0.692. The van der Waals surface area contributed by atoms with Crippen molar-refractivity contribution in [2.75, 3.05) is 10.6 Å². The molecule has 0 atom stereocenters. The van der Waals surface area contributed by atoms with Crippen LogP contribution in [0.25, 0.3) is 0 Å². The van der Waals surface area contributed by atoms with Gasteiger partial charge in [-0.2, -0.15) is 0 Å². The van der Waals surface area contributed by atoms with Crippen LogP contribution in [0.4, 0.5) is 11.4 Å². The van der Waals surface area contributed by atoms with Crippen molar-refractivity contribution in [3.8, 4) is 0 Å². The van der Waals surface area contributed by atoms with Crippen molar-refractivity contribution in [2.45, 2.75) is 20.3 Å². The molecule has 0 radical (unpaired) electrons. The van der Waals surface area contributed by atoms with Gasteiger partial charge >= 0.3 is 0 Å². The van der Waals surface area contributed by atoms with Crippen molar-refractivity contribution < 1.29 is 9.59 Å². The van der Waals surface area contributed by atoms with Gasteiger partial charge in [-0.1, -0.05) is 42.5 Å². The maximum atomic E-state index is 12.5. The summed E-state index contributed by atoms with van der Waals surface area (Å²) in [5.41, 5.74) is 4.98. The van der Waals surface area contributed by atoms with Crippen LogP contribution in [0.15, 0.2) is 72.8 Å². The van der Waals surface area contributed by atoms with Crippen molar-refractivity contribution in [2.24, 2.45) is 0 Å². The number of anilines is 2. The van der Waals surface area contributed by atoms with Crippen molar-refractivity contribution in [1.29, 1.82) is 0 Å². The van der Waals surface area contributed by atoms with Gasteiger partial charge in [-0.05, 0) is 60.9 Å². The zero-order chi connectivity index (χ0) is 19.2. The molecule has 0 unspecified atom stereocenters. The second-order valence-electron chi connectivity index (χ2n) is 6.56. The third-order valence-electron chi connectivity index (χ3n) is 4.30. The van der Waals surface area contributed by atoms with E-state index in [0.717, 1.165) is 22.4 Å². The van der Waals surface area contributed by atoms with Crippen LogP contribution in [0.5, 0.6) is 0 Å². The number of nitrogens with one attached hydrogen (secondary N) is 2. The highest BCUT2D eigenvalue weighted by molar-refractivity contribution is 6.05. The minimum Gasteiger partial charge on any atom is -0.326 e. The molecule has 3 aromatic carbocycles. The molecule has 4 heteroatoms. The summed E-state index contributed by atoms with van der Waals surface area (Å²) in [7, 11) is 0. The predicted octanol–water partition coefficient (Wildman–Crippen LogP) is 4.74. The number of benzene rings is 3. The number of aryl methyl sites for hydroxylation is 2. The number of amides is 2. The van der Waals surface area contributed by atoms with Crippen LogP contribution in [0.2, 0.25) is 0 Å². The monoisotopic (exact) mass is 358 g/mol. The standard InChI is InChI=1S/C23H22N2O2/c1-16-7-5-11-20(13-16)25-23(27)19-10-6-12-21(14-19)24-22(26)15-18-9-4-3-8-17(18)2/h3-14H,15H2,1-2H3,(H,24,26)(H,25,27). The van der Waals surface area contributed by atoms with E-state index >= 15 is 0 Å². The van der Waals surface area contributed by atoms with E-state index in [0.29, 0.717) is 17.7 Å². The van der Waals surface area contributed by atoms with Gasteiger partial charge in [-0.15, -0.1) is 0 Å². The molecule has 0 saturated carbocycles. The average molecular weight is 358 g/mol. The zero-order valence-electron chi connectivity index (χ0n) is 15.5. The minimum atomic E-state index is -0.212. The highest BCUT2D eigenvalue weighted by Gasteiger charge is 2.10. The topological polar surface area (TPSA) is 58.2 Å². The molecule has 0 saturated heterocycles. The molecule has 0 bridgehead atoms. The van der Waals surface area contributed by atoms with E-state index in [1.807, 2.05) is 62.4 Å². The van der Waals surface area contributed by atoms with E-state index in [1.165, 1.54) is 0 Å². The lowest BCUT2D eigenvalue weighted by molar-refractivity contribution is -0.115. The number of carbonyl (C=O) groups is 2. The highest BCUT2D eigenvalue weighted by Crippen LogP contribution is 2.16. The molecule has 0 aromatic heterocycles. The summed E-state index contributed by atoms with van der Waals surface area (Å²) in [6.45, 7) is 3.96. The molecule has 0 spiro atoms. The lowest BCUT2D eigenvalue weighted by Crippen LogP contribution is -2.16. The van der Waals surface area contributed by atoms with Gasteiger partial charge in [0.25, 0.3) is 5.91 Å². The van der Waals surface area contributed by atoms with Gasteiger partial charge < -0.3 is 10.6 Å². The molecule has 136 valence electrons. The van der Waals surface area contributed by atoms with Crippen molar-refractivity contribution >= 4 is 23.2 Å². The minimum absolute atomic E-state index is 0.111. The molecule has 2 N–H and O–H groups in total. The summed E-state index contributed by atoms with van der Waals surface area (Å²) < 4.78 is 0. The predicted molar refractivity (Wildman–Crippen MR) is 109 cm³/mol. The van der Waals surface area contributed by atoms with Gasteiger partial charge in [0.15, 0.2) is 0 Å². The lowest BCUT2D eigenvalue weighted by Gasteiger charge is -2.10. The molecular weight excluding hydrogens is 336 g/mol. The van der Waals surface area contributed by atoms with Crippen LogP contribution >= 0.6 is 0 Å². The first-order chi connectivity index (χ1) is 13.0. The Labute approximate surface area is 159 Å². The summed E-state index contributed by atoms with van der Waals surface area (Å²) in [6, 6.07) is 22.4. The maximum Gasteiger partial charge on any atom is 0.255 e. The molecule has 0 aliphatic heterocycles. The van der Waals surface area contributed by atoms with E-state index in [9.17, 15) is 9.59 Å². The smallest absolute Gasteiger partial charge is 0.255 e. The average Bonchev–Trinajstić information content (AvgIpc) is 2.64. The van der Waals surface area contributed by atoms with E-state index < -0.39 is 0 Å². The molecule has 0 fully saturated rings. The van der Waals surface area contributed by atoms with E-state index in [2.05, 4.69) is 10.6 Å². The number of hydrogen-bond acceptors (Lipinski definition) is 2. The van der Waals surface area contributed by atoms with Crippen molar-refractivity contribution in [1.82, 2.24) is 0 Å². The summed E-state index contributed by atoms with van der Waals surface area (Å²) in [4.78, 5) is 24.8. The summed E-state index contributed by atoms with van der Waals surface area (Å²) in [6.07, 6.45) is 0.298. The number of carbonyl (C=O) groups excluding carboxylic acids is 2. The lowest BCUT2D eigenvalue weighted by atomic mass is 10.1. The second-order valence-corrected chi connectivity index (χ2v) is 6.56. The van der Waals surface area contributed by atoms with Gasteiger partial charge in [0.1, 0.15) is 0 Å². The van der Waals surface area contributed by atoms with Gasteiger partial charge in [-0.25, -0.2) is 0 Å². The van der Waals surface area contributed by atoms with Crippen LogP contribution in [0.1, 0.15) is 27.0 Å². The second kappa shape index (κ2) is 8.32. The Hall–Kier alpha value is -3.40. The maximum absolute atomic E-state index is 12.5. The van der Waals surface area contributed by atoms with Crippen LogP contribution in [0, 0.1) is 13.8 Å². The number of hydrogen-bond donors (Lipinski definition) is 2. The Bertz CT molecular complexity index is 979. The van der Waals surface area contributed by atoms with E-state index in [1.54, 1.807) is 24.3 Å². The van der Waals surface area contributed by atoms with Crippen LogP contribution < -0.4 is 10.6 Å². The van der Waals surface area contributed by atoms with Crippen LogP contribution in [-0.2, 0) is 11.2 Å². The Morgan fingerprint density at radius 3 is 2.22 bits per heavy atom. The summed E-state index contributed by atoms with van der Waals surface area (Å²) >= 11 is 0. The third kappa shape index (κ3) is 5.05. The first-order valence-electron chi connectivity index (χ1n) is 8.84. The SMILES string of the molecule is Cc1cccc(NC(=O)c2cccc(NC(=O)Cc3ccccc3C)c2)c1. The highest BCUT2D eigenvalue weighted by atomic mass is 16.2. The Balaban J connectivity index is 1.67. The third-order valence-corrected chi connectivity index (χ3v) is 4.30. The fourth-order valence-corrected chi connectivity index (χ4v) is 2.85. The molecule has 27 heavy (non-hydrogen) atoms. The molecule has 3 aromatic rings. The van der Waals surface area contributed by atoms with Gasteiger partial charge in [0.05, 0.1) is 6.42 Å². The Kier molecular flexibility index (Phi) is 5.67. The molecule has 3 rings (SSSR count). The first-order valence-corrected chi connectivity index (χ1v) is 8.84. The van der Waals surface area contributed by atoms with E-state index in [4.69, 9.17) is 0 Å². The van der Waals surface area contributed by atoms with E-state index in [-0.39, 0.29) is 11.8 Å². The molecule has 4 nitrogen and oxygen atoms in total.